The molecule has 94 valence electrons. The third kappa shape index (κ3) is 12.9. The number of rotatable bonds is 3. The van der Waals surface area contributed by atoms with E-state index in [9.17, 15) is 4.79 Å². The van der Waals surface area contributed by atoms with Gasteiger partial charge in [-0.05, 0) is 13.8 Å². The van der Waals surface area contributed by atoms with Crippen LogP contribution in [-0.4, -0.2) is 39.2 Å². The molecule has 5 nitrogen and oxygen atoms in total. The maximum atomic E-state index is 10.7. The van der Waals surface area contributed by atoms with Gasteiger partial charge in [-0.3, -0.25) is 0 Å². The van der Waals surface area contributed by atoms with Gasteiger partial charge in [0.1, 0.15) is 6.79 Å². The van der Waals surface area contributed by atoms with E-state index in [1.807, 2.05) is 34.5 Å². The van der Waals surface area contributed by atoms with Crippen molar-refractivity contribution in [2.75, 3.05) is 14.2 Å². The Morgan fingerprint density at radius 3 is 1.93 bits per heavy atom. The maximum Gasteiger partial charge on any atom is 0.407 e. The fourth-order valence-electron chi connectivity index (χ4n) is 0.566. The van der Waals surface area contributed by atoms with Gasteiger partial charge < -0.3 is 19.6 Å². The summed E-state index contributed by atoms with van der Waals surface area (Å²) in [5.41, 5.74) is 0. The van der Waals surface area contributed by atoms with Crippen LogP contribution in [0.1, 0.15) is 29.1 Å². The molecule has 0 heterocycles. The van der Waals surface area contributed by atoms with Crippen molar-refractivity contribution in [3.63, 3.8) is 0 Å². The van der Waals surface area contributed by atoms with Gasteiger partial charge in [0.25, 0.3) is 0 Å². The highest BCUT2D eigenvalue weighted by atomic mass is 16.5. The van der Waals surface area contributed by atoms with Crippen molar-refractivity contribution in [2.45, 2.75) is 39.8 Å². The van der Waals surface area contributed by atoms with Crippen molar-refractivity contribution in [2.24, 2.45) is 0 Å². The second-order valence-corrected chi connectivity index (χ2v) is 2.37. The number of nitrogens with one attached hydrogen (secondary N) is 1. The zero-order chi connectivity index (χ0) is 12.9. The summed E-state index contributed by atoms with van der Waals surface area (Å²) in [4.78, 5) is 18.7. The van der Waals surface area contributed by atoms with E-state index in [-0.39, 0.29) is 13.6 Å². The van der Waals surface area contributed by atoms with Gasteiger partial charge in [-0.1, -0.05) is 13.8 Å². The molecule has 0 saturated heterocycles. The van der Waals surface area contributed by atoms with Crippen LogP contribution in [0.2, 0.25) is 0 Å². The van der Waals surface area contributed by atoms with Crippen LogP contribution in [0.3, 0.4) is 0 Å². The molecule has 1 N–H and O–H groups in total. The minimum atomic E-state index is -0.429. The van der Waals surface area contributed by atoms with Crippen LogP contribution >= 0.6 is 0 Å². The first-order valence-corrected chi connectivity index (χ1v) is 4.78. The molecule has 0 radical (unpaired) electrons. The lowest BCUT2D eigenvalue weighted by Gasteiger charge is -2.18. The van der Waals surface area contributed by atoms with Gasteiger partial charge in [0.15, 0.2) is 0 Å². The van der Waals surface area contributed by atoms with Crippen molar-refractivity contribution in [1.82, 2.24) is 5.32 Å². The Labute approximate surface area is 93.6 Å². The van der Waals surface area contributed by atoms with Gasteiger partial charge in [-0.15, -0.1) is 0 Å². The number of hydrogen-bond donors (Lipinski definition) is 1. The number of hydrogen-bond acceptors (Lipinski definition) is 4. The van der Waals surface area contributed by atoms with E-state index in [2.05, 4.69) is 10.1 Å². The average Bonchev–Trinajstić information content (AvgIpc) is 2.32. The predicted molar refractivity (Wildman–Crippen MR) is 62.1 cm³/mol. The lowest BCUT2D eigenvalue weighted by molar-refractivity contribution is -0.0979. The van der Waals surface area contributed by atoms with Crippen LogP contribution in [0.15, 0.2) is 0 Å². The number of carbonyl (C=O) groups is 2. The van der Waals surface area contributed by atoms with Crippen LogP contribution in [0, 0.1) is 0 Å². The van der Waals surface area contributed by atoms with Crippen LogP contribution in [0.4, 0.5) is 4.79 Å². The Morgan fingerprint density at radius 1 is 1.27 bits per heavy atom. The summed E-state index contributed by atoms with van der Waals surface area (Å²) in [5, 5.41) is 2.59. The van der Waals surface area contributed by atoms with Gasteiger partial charge in [-0.25, -0.2) is 4.79 Å². The zero-order valence-corrected chi connectivity index (χ0v) is 10.5. The summed E-state index contributed by atoms with van der Waals surface area (Å²) < 4.78 is 9.40. The average molecular weight is 223 g/mol. The molecule has 0 bridgehead atoms. The molecule has 0 rings (SSSR count). The van der Waals surface area contributed by atoms with Gasteiger partial charge in [0.05, 0.1) is 19.3 Å². The van der Waals surface area contributed by atoms with E-state index in [1.165, 1.54) is 7.11 Å². The van der Waals surface area contributed by atoms with Crippen LogP contribution in [0.25, 0.3) is 0 Å². The third-order valence-corrected chi connectivity index (χ3v) is 1.61. The van der Waals surface area contributed by atoms with Crippen molar-refractivity contribution in [1.29, 1.82) is 0 Å². The lowest BCUT2D eigenvalue weighted by atomic mass is 10.2. The standard InChI is InChI=1S/C7H15NO3.C2H6.CH2O.H2/c1-5(6(2)10-3)8-7(9)11-4;2*1-2;/h5-6H,1-4H3,(H,8,9);1-2H3;1H2;1H/t5-,6?;;;/m1.../s1. The number of ether oxygens (including phenoxy) is 2. The highest BCUT2D eigenvalue weighted by molar-refractivity contribution is 5.67. The molecule has 0 aromatic rings. The van der Waals surface area contributed by atoms with Crippen molar-refractivity contribution < 1.29 is 20.5 Å². The van der Waals surface area contributed by atoms with Gasteiger partial charge in [0.2, 0.25) is 0 Å². The summed E-state index contributed by atoms with van der Waals surface area (Å²) in [5.74, 6) is 0. The fourth-order valence-corrected chi connectivity index (χ4v) is 0.566. The summed E-state index contributed by atoms with van der Waals surface area (Å²) >= 11 is 0. The Hall–Kier alpha value is -1.10. The molecule has 0 aliphatic heterocycles. The molecule has 0 aliphatic carbocycles. The lowest BCUT2D eigenvalue weighted by Crippen LogP contribution is -2.40. The Morgan fingerprint density at radius 2 is 1.67 bits per heavy atom. The first-order chi connectivity index (χ1) is 7.11. The molecule has 0 aromatic carbocycles. The van der Waals surface area contributed by atoms with E-state index < -0.39 is 6.09 Å². The Kier molecular flexibility index (Phi) is 20.0. The molecule has 1 unspecified atom stereocenters. The summed E-state index contributed by atoms with van der Waals surface area (Å²) in [6.45, 7) is 9.73. The number of amides is 1. The van der Waals surface area contributed by atoms with E-state index in [4.69, 9.17) is 9.53 Å². The first kappa shape index (κ1) is 19.5. The molecule has 0 saturated carbocycles. The molecule has 1 amide bonds. The second-order valence-electron chi connectivity index (χ2n) is 2.37. The summed E-state index contributed by atoms with van der Waals surface area (Å²) in [7, 11) is 2.93. The predicted octanol–water partition coefficient (Wildman–Crippen LogP) is 1.85. The highest BCUT2D eigenvalue weighted by Crippen LogP contribution is 1.95. The van der Waals surface area contributed by atoms with Crippen molar-refractivity contribution in [3.8, 4) is 0 Å². The molecule has 5 heteroatoms. The largest absolute Gasteiger partial charge is 0.453 e. The van der Waals surface area contributed by atoms with E-state index in [0.717, 1.165) is 0 Å². The van der Waals surface area contributed by atoms with Crippen molar-refractivity contribution >= 4 is 12.9 Å². The molecular weight excluding hydrogens is 198 g/mol. The van der Waals surface area contributed by atoms with Gasteiger partial charge in [-0.2, -0.15) is 0 Å². The number of carbonyl (C=O) groups excluding carboxylic acids is 2. The normalized spacial score (nSPS) is 11.9. The van der Waals surface area contributed by atoms with Crippen LogP contribution in [0.5, 0.6) is 0 Å². The first-order valence-electron chi connectivity index (χ1n) is 4.78. The highest BCUT2D eigenvalue weighted by Gasteiger charge is 2.13. The van der Waals surface area contributed by atoms with Crippen LogP contribution in [-0.2, 0) is 14.3 Å². The zero-order valence-electron chi connectivity index (χ0n) is 10.5. The molecule has 0 spiro atoms. The maximum absolute atomic E-state index is 10.7. The monoisotopic (exact) mass is 223 g/mol. The molecule has 2 atom stereocenters. The summed E-state index contributed by atoms with van der Waals surface area (Å²) in [6, 6.07) is -0.0348. The van der Waals surface area contributed by atoms with Gasteiger partial charge >= 0.3 is 6.09 Å². The topological polar surface area (TPSA) is 64.6 Å². The molecule has 0 aliphatic rings. The number of methoxy groups -OCH3 is 2. The quantitative estimate of drug-likeness (QED) is 0.793. The minimum Gasteiger partial charge on any atom is -0.453 e. The minimum absolute atomic E-state index is 0. The SMILES string of the molecule is C=O.CC.COC(=O)N[C@H](C)C(C)OC.[HH]. The van der Waals surface area contributed by atoms with E-state index >= 15 is 0 Å². The Bertz CT molecular complexity index is 147. The molecule has 15 heavy (non-hydrogen) atoms. The smallest absolute Gasteiger partial charge is 0.407 e. The molecule has 0 fully saturated rings. The van der Waals surface area contributed by atoms with E-state index in [0.29, 0.717) is 0 Å². The van der Waals surface area contributed by atoms with Gasteiger partial charge in [0, 0.05) is 8.54 Å². The number of alkyl carbamates (subject to hydrolysis) is 1. The Balaban J connectivity index is -0.000000129. The van der Waals surface area contributed by atoms with Crippen LogP contribution < -0.4 is 5.32 Å². The fraction of sp³-hybridized carbons (Fsp3) is 0.800. The molecule has 0 aromatic heterocycles. The molecular formula is C10H25NO4. The second kappa shape index (κ2) is 15.4. The van der Waals surface area contributed by atoms with E-state index in [1.54, 1.807) is 7.11 Å². The summed E-state index contributed by atoms with van der Waals surface area (Å²) in [6.07, 6.45) is -0.435. The third-order valence-electron chi connectivity index (χ3n) is 1.61. The van der Waals surface area contributed by atoms with Crippen molar-refractivity contribution in [3.05, 3.63) is 0 Å².